The van der Waals surface area contributed by atoms with Gasteiger partial charge in [-0.1, -0.05) is 6.92 Å². The van der Waals surface area contributed by atoms with Crippen LogP contribution in [-0.4, -0.2) is 46.1 Å². The lowest BCUT2D eigenvalue weighted by Gasteiger charge is -2.28. The minimum atomic E-state index is -0.907. The molecule has 112 valence electrons. The average molecular weight is 279 g/mol. The van der Waals surface area contributed by atoms with Gasteiger partial charge in [-0.3, -0.25) is 9.78 Å². The summed E-state index contributed by atoms with van der Waals surface area (Å²) < 4.78 is 0. The number of aromatic nitrogens is 1. The summed E-state index contributed by atoms with van der Waals surface area (Å²) in [7, 11) is 0. The van der Waals surface area contributed by atoms with Gasteiger partial charge in [-0.2, -0.15) is 0 Å². The molecule has 1 aromatic rings. The number of rotatable bonds is 7. The highest BCUT2D eigenvalue weighted by atomic mass is 16.3. The number of nitrogens with one attached hydrogen (secondary N) is 1. The maximum absolute atomic E-state index is 12.6. The van der Waals surface area contributed by atoms with E-state index in [0.29, 0.717) is 18.7 Å². The van der Waals surface area contributed by atoms with Crippen molar-refractivity contribution in [3.8, 4) is 0 Å². The van der Waals surface area contributed by atoms with Gasteiger partial charge in [0, 0.05) is 25.8 Å². The van der Waals surface area contributed by atoms with Crippen LogP contribution in [0.4, 0.5) is 5.69 Å². The van der Waals surface area contributed by atoms with Crippen molar-refractivity contribution in [2.24, 2.45) is 0 Å². The van der Waals surface area contributed by atoms with Crippen LogP contribution in [-0.2, 0) is 0 Å². The molecule has 5 heteroatoms. The third-order valence-corrected chi connectivity index (χ3v) is 2.86. The maximum Gasteiger partial charge on any atom is 0.256 e. The second-order valence-corrected chi connectivity index (χ2v) is 5.48. The van der Waals surface area contributed by atoms with Crippen molar-refractivity contribution >= 4 is 11.6 Å². The van der Waals surface area contributed by atoms with Crippen LogP contribution in [0.25, 0.3) is 0 Å². The van der Waals surface area contributed by atoms with E-state index in [1.165, 1.54) is 0 Å². The Hall–Kier alpha value is -1.62. The molecule has 20 heavy (non-hydrogen) atoms. The van der Waals surface area contributed by atoms with Crippen molar-refractivity contribution < 1.29 is 9.90 Å². The summed E-state index contributed by atoms with van der Waals surface area (Å²) in [6, 6.07) is 1.72. The van der Waals surface area contributed by atoms with Crippen molar-refractivity contribution in [1.29, 1.82) is 0 Å². The van der Waals surface area contributed by atoms with Gasteiger partial charge >= 0.3 is 0 Å². The first-order chi connectivity index (χ1) is 9.39. The summed E-state index contributed by atoms with van der Waals surface area (Å²) in [5.41, 5.74) is 0.434. The molecule has 0 radical (unpaired) electrons. The zero-order valence-electron chi connectivity index (χ0n) is 12.8. The largest absolute Gasteiger partial charge is 0.389 e. The van der Waals surface area contributed by atoms with Gasteiger partial charge in [0.2, 0.25) is 0 Å². The average Bonchev–Trinajstić information content (AvgIpc) is 2.41. The van der Waals surface area contributed by atoms with Crippen molar-refractivity contribution in [3.63, 3.8) is 0 Å². The second kappa shape index (κ2) is 7.24. The molecular weight excluding hydrogens is 254 g/mol. The lowest BCUT2D eigenvalue weighted by molar-refractivity contribution is 0.0315. The molecule has 0 spiro atoms. The summed E-state index contributed by atoms with van der Waals surface area (Å²) in [4.78, 5) is 18.3. The predicted octanol–water partition coefficient (Wildman–Crippen LogP) is 2.14. The van der Waals surface area contributed by atoms with Gasteiger partial charge in [-0.05, 0) is 33.3 Å². The molecule has 0 aliphatic rings. The minimum Gasteiger partial charge on any atom is -0.389 e. The zero-order chi connectivity index (χ0) is 15.2. The molecule has 0 aliphatic heterocycles. The Balaban J connectivity index is 2.94. The molecule has 1 rings (SSSR count). The Morgan fingerprint density at radius 3 is 2.70 bits per heavy atom. The van der Waals surface area contributed by atoms with Crippen LogP contribution < -0.4 is 5.32 Å². The zero-order valence-corrected chi connectivity index (χ0v) is 12.8. The lowest BCUT2D eigenvalue weighted by atomic mass is 10.1. The molecule has 5 nitrogen and oxygen atoms in total. The van der Waals surface area contributed by atoms with Gasteiger partial charge in [-0.15, -0.1) is 0 Å². The Labute approximate surface area is 121 Å². The molecule has 0 bridgehead atoms. The molecule has 0 atom stereocenters. The number of carbonyl (C=O) groups excluding carboxylic acids is 1. The van der Waals surface area contributed by atoms with Crippen molar-refractivity contribution in [3.05, 3.63) is 24.0 Å². The van der Waals surface area contributed by atoms with Gasteiger partial charge in [0.1, 0.15) is 0 Å². The van der Waals surface area contributed by atoms with Gasteiger partial charge in [-0.25, -0.2) is 0 Å². The van der Waals surface area contributed by atoms with Crippen LogP contribution in [0.5, 0.6) is 0 Å². The first kappa shape index (κ1) is 16.4. The Bertz CT molecular complexity index is 441. The number of amides is 1. The number of hydrogen-bond acceptors (Lipinski definition) is 4. The molecule has 0 aromatic carbocycles. The van der Waals surface area contributed by atoms with Crippen LogP contribution >= 0.6 is 0 Å². The summed E-state index contributed by atoms with van der Waals surface area (Å²) in [6.45, 7) is 9.03. The molecule has 1 heterocycles. The molecule has 1 amide bonds. The quantitative estimate of drug-likeness (QED) is 0.802. The first-order valence-electron chi connectivity index (χ1n) is 7.08. The van der Waals surface area contributed by atoms with Gasteiger partial charge in [0.05, 0.1) is 23.0 Å². The first-order valence-corrected chi connectivity index (χ1v) is 7.08. The van der Waals surface area contributed by atoms with Crippen LogP contribution in [0.15, 0.2) is 18.5 Å². The molecule has 0 aliphatic carbocycles. The SMILES string of the molecule is CCCNc1cnccc1C(=O)N(CC)CC(C)(C)O. The third kappa shape index (κ3) is 4.81. The van der Waals surface area contributed by atoms with E-state index >= 15 is 0 Å². The molecule has 0 saturated heterocycles. The lowest BCUT2D eigenvalue weighted by Crippen LogP contribution is -2.42. The Morgan fingerprint density at radius 2 is 2.15 bits per heavy atom. The van der Waals surface area contributed by atoms with Gasteiger partial charge in [0.15, 0.2) is 0 Å². The van der Waals surface area contributed by atoms with E-state index in [4.69, 9.17) is 0 Å². The van der Waals surface area contributed by atoms with E-state index in [1.807, 2.05) is 6.92 Å². The fourth-order valence-electron chi connectivity index (χ4n) is 1.95. The highest BCUT2D eigenvalue weighted by Crippen LogP contribution is 2.17. The number of aliphatic hydroxyl groups is 1. The van der Waals surface area contributed by atoms with Crippen LogP contribution in [0.3, 0.4) is 0 Å². The number of carbonyl (C=O) groups is 1. The number of hydrogen-bond donors (Lipinski definition) is 2. The Morgan fingerprint density at radius 1 is 1.45 bits per heavy atom. The van der Waals surface area contributed by atoms with Crippen molar-refractivity contribution in [2.75, 3.05) is 25.0 Å². The summed E-state index contributed by atoms with van der Waals surface area (Å²) in [5.74, 6) is -0.0874. The molecular formula is C15H25N3O2. The molecule has 1 aromatic heterocycles. The second-order valence-electron chi connectivity index (χ2n) is 5.48. The number of likely N-dealkylation sites (N-methyl/N-ethyl adjacent to an activating group) is 1. The van der Waals surface area contributed by atoms with E-state index in [0.717, 1.165) is 18.7 Å². The van der Waals surface area contributed by atoms with E-state index in [-0.39, 0.29) is 5.91 Å². The smallest absolute Gasteiger partial charge is 0.256 e. The molecule has 2 N–H and O–H groups in total. The standard InChI is InChI=1S/C15H25N3O2/c1-5-8-17-13-10-16-9-7-12(13)14(19)18(6-2)11-15(3,4)20/h7,9-10,17,20H,5-6,8,11H2,1-4H3. The van der Waals surface area contributed by atoms with Crippen LogP contribution in [0, 0.1) is 0 Å². The Kier molecular flexibility index (Phi) is 5.95. The van der Waals surface area contributed by atoms with E-state index in [2.05, 4.69) is 17.2 Å². The van der Waals surface area contributed by atoms with Gasteiger partial charge < -0.3 is 15.3 Å². The summed E-state index contributed by atoms with van der Waals surface area (Å²) in [5, 5.41) is 13.1. The van der Waals surface area contributed by atoms with E-state index < -0.39 is 5.60 Å². The minimum absolute atomic E-state index is 0.0874. The van der Waals surface area contributed by atoms with E-state index in [1.54, 1.807) is 37.2 Å². The highest BCUT2D eigenvalue weighted by Gasteiger charge is 2.23. The van der Waals surface area contributed by atoms with Gasteiger partial charge in [0.25, 0.3) is 5.91 Å². The fourth-order valence-corrected chi connectivity index (χ4v) is 1.95. The van der Waals surface area contributed by atoms with Crippen LogP contribution in [0.1, 0.15) is 44.5 Å². The monoisotopic (exact) mass is 279 g/mol. The molecule has 0 unspecified atom stereocenters. The topological polar surface area (TPSA) is 65.5 Å². The maximum atomic E-state index is 12.6. The third-order valence-electron chi connectivity index (χ3n) is 2.86. The molecule has 0 fully saturated rings. The highest BCUT2D eigenvalue weighted by molar-refractivity contribution is 5.99. The fraction of sp³-hybridized carbons (Fsp3) is 0.600. The normalized spacial score (nSPS) is 11.2. The number of nitrogens with zero attached hydrogens (tertiary/aromatic N) is 2. The van der Waals surface area contributed by atoms with Crippen LogP contribution in [0.2, 0.25) is 0 Å². The molecule has 0 saturated carbocycles. The number of anilines is 1. The summed E-state index contributed by atoms with van der Waals surface area (Å²) in [6.07, 6.45) is 4.26. The van der Waals surface area contributed by atoms with E-state index in [9.17, 15) is 9.90 Å². The van der Waals surface area contributed by atoms with Crippen molar-refractivity contribution in [2.45, 2.75) is 39.7 Å². The predicted molar refractivity (Wildman–Crippen MR) is 80.9 cm³/mol. The van der Waals surface area contributed by atoms with Crippen molar-refractivity contribution in [1.82, 2.24) is 9.88 Å². The number of pyridine rings is 1. The summed E-state index contributed by atoms with van der Waals surface area (Å²) >= 11 is 0.